The standard InChI is InChI=1S/C19H16N4O3/c1-26-16-7-8-17-13(10-16)9-14(18(24)21-17)11-22-12-20-23(19(22)25)15-5-3-2-4-6-15/h2-10,12H,11H2,1H3,(H,21,24). The highest BCUT2D eigenvalue weighted by atomic mass is 16.5. The molecule has 7 nitrogen and oxygen atoms in total. The Labute approximate surface area is 148 Å². The van der Waals surface area contributed by atoms with E-state index in [9.17, 15) is 9.59 Å². The summed E-state index contributed by atoms with van der Waals surface area (Å²) in [6.45, 7) is 0.133. The summed E-state index contributed by atoms with van der Waals surface area (Å²) in [5.74, 6) is 0.699. The van der Waals surface area contributed by atoms with Crippen molar-refractivity contribution < 1.29 is 4.74 Å². The van der Waals surface area contributed by atoms with Gasteiger partial charge in [-0.2, -0.15) is 9.78 Å². The molecule has 2 aromatic carbocycles. The Balaban J connectivity index is 1.74. The summed E-state index contributed by atoms with van der Waals surface area (Å²) in [6.07, 6.45) is 1.44. The molecular formula is C19H16N4O3. The zero-order valence-corrected chi connectivity index (χ0v) is 14.0. The maximum absolute atomic E-state index is 12.6. The van der Waals surface area contributed by atoms with Gasteiger partial charge >= 0.3 is 5.69 Å². The second kappa shape index (κ2) is 6.36. The van der Waals surface area contributed by atoms with Gasteiger partial charge in [-0.1, -0.05) is 18.2 Å². The van der Waals surface area contributed by atoms with Crippen molar-refractivity contribution in [3.63, 3.8) is 0 Å². The van der Waals surface area contributed by atoms with E-state index in [1.165, 1.54) is 15.6 Å². The van der Waals surface area contributed by atoms with Crippen LogP contribution in [-0.2, 0) is 6.54 Å². The molecule has 2 aromatic heterocycles. The van der Waals surface area contributed by atoms with Crippen LogP contribution in [0.3, 0.4) is 0 Å². The zero-order valence-electron chi connectivity index (χ0n) is 14.0. The number of nitrogens with zero attached hydrogens (tertiary/aromatic N) is 3. The third-order valence-corrected chi connectivity index (χ3v) is 4.20. The van der Waals surface area contributed by atoms with E-state index >= 15 is 0 Å². The normalized spacial score (nSPS) is 11.0. The van der Waals surface area contributed by atoms with Crippen LogP contribution in [0.2, 0.25) is 0 Å². The molecule has 130 valence electrons. The van der Waals surface area contributed by atoms with Crippen LogP contribution in [0, 0.1) is 0 Å². The van der Waals surface area contributed by atoms with Gasteiger partial charge in [-0.05, 0) is 36.4 Å². The lowest BCUT2D eigenvalue weighted by atomic mass is 10.1. The fraction of sp³-hybridized carbons (Fsp3) is 0.105. The van der Waals surface area contributed by atoms with Gasteiger partial charge in [-0.25, -0.2) is 4.79 Å². The smallest absolute Gasteiger partial charge is 0.350 e. The van der Waals surface area contributed by atoms with E-state index in [1.54, 1.807) is 37.4 Å². The van der Waals surface area contributed by atoms with E-state index in [4.69, 9.17) is 4.74 Å². The van der Waals surface area contributed by atoms with E-state index in [0.29, 0.717) is 22.5 Å². The molecule has 0 aliphatic rings. The van der Waals surface area contributed by atoms with Crippen LogP contribution in [0.25, 0.3) is 16.6 Å². The summed E-state index contributed by atoms with van der Waals surface area (Å²) in [7, 11) is 1.59. The molecule has 0 aliphatic heterocycles. The van der Waals surface area contributed by atoms with Gasteiger partial charge in [0, 0.05) is 16.5 Å². The van der Waals surface area contributed by atoms with Gasteiger partial charge in [0.1, 0.15) is 12.1 Å². The molecule has 0 aliphatic carbocycles. The first-order chi connectivity index (χ1) is 12.7. The first kappa shape index (κ1) is 15.9. The molecule has 0 amide bonds. The lowest BCUT2D eigenvalue weighted by Crippen LogP contribution is -2.26. The number of pyridine rings is 1. The number of benzene rings is 2. The molecule has 1 N–H and O–H groups in total. The quantitative estimate of drug-likeness (QED) is 0.611. The number of rotatable bonds is 4. The van der Waals surface area contributed by atoms with Gasteiger partial charge in [0.05, 0.1) is 19.3 Å². The Morgan fingerprint density at radius 2 is 1.88 bits per heavy atom. The molecule has 0 spiro atoms. The van der Waals surface area contributed by atoms with Gasteiger partial charge in [-0.15, -0.1) is 0 Å². The van der Waals surface area contributed by atoms with E-state index in [2.05, 4.69) is 10.1 Å². The molecule has 26 heavy (non-hydrogen) atoms. The summed E-state index contributed by atoms with van der Waals surface area (Å²) in [4.78, 5) is 27.8. The molecule has 0 bridgehead atoms. The largest absolute Gasteiger partial charge is 0.497 e. The summed E-state index contributed by atoms with van der Waals surface area (Å²) in [6, 6.07) is 16.3. The first-order valence-corrected chi connectivity index (χ1v) is 8.05. The molecule has 0 unspecified atom stereocenters. The highest BCUT2D eigenvalue weighted by molar-refractivity contribution is 5.80. The monoisotopic (exact) mass is 348 g/mol. The van der Waals surface area contributed by atoms with Gasteiger partial charge < -0.3 is 9.72 Å². The molecule has 0 atom stereocenters. The second-order valence-electron chi connectivity index (χ2n) is 5.87. The number of methoxy groups -OCH3 is 1. The van der Waals surface area contributed by atoms with Crippen LogP contribution in [-0.4, -0.2) is 26.4 Å². The minimum atomic E-state index is -0.304. The molecular weight excluding hydrogens is 332 g/mol. The van der Waals surface area contributed by atoms with Crippen LogP contribution in [0.15, 0.2) is 70.5 Å². The number of fused-ring (bicyclic) bond motifs is 1. The van der Waals surface area contributed by atoms with Gasteiger partial charge in [0.15, 0.2) is 0 Å². The van der Waals surface area contributed by atoms with Crippen molar-refractivity contribution in [2.45, 2.75) is 6.54 Å². The van der Waals surface area contributed by atoms with Crippen molar-refractivity contribution >= 4 is 10.9 Å². The van der Waals surface area contributed by atoms with Crippen molar-refractivity contribution in [2.75, 3.05) is 7.11 Å². The Kier molecular flexibility index (Phi) is 3.89. The molecule has 7 heteroatoms. The number of H-pyrrole nitrogens is 1. The molecule has 0 fully saturated rings. The fourth-order valence-electron chi connectivity index (χ4n) is 2.85. The minimum Gasteiger partial charge on any atom is -0.497 e. The number of ether oxygens (including phenoxy) is 1. The van der Waals surface area contributed by atoms with Crippen LogP contribution in [0.5, 0.6) is 5.75 Å². The molecule has 4 aromatic rings. The van der Waals surface area contributed by atoms with E-state index in [0.717, 1.165) is 5.39 Å². The predicted octanol–water partition coefficient (Wildman–Crippen LogP) is 1.93. The highest BCUT2D eigenvalue weighted by Gasteiger charge is 2.10. The summed E-state index contributed by atoms with van der Waals surface area (Å²) in [5.41, 5.74) is 1.32. The van der Waals surface area contributed by atoms with Crippen molar-refractivity contribution in [3.8, 4) is 11.4 Å². The number of hydrogen-bond acceptors (Lipinski definition) is 4. The van der Waals surface area contributed by atoms with E-state index in [-0.39, 0.29) is 17.8 Å². The average molecular weight is 348 g/mol. The van der Waals surface area contributed by atoms with E-state index in [1.807, 2.05) is 24.3 Å². The number of hydrogen-bond donors (Lipinski definition) is 1. The number of aromatic amines is 1. The van der Waals surface area contributed by atoms with Crippen molar-refractivity contribution in [2.24, 2.45) is 0 Å². The topological polar surface area (TPSA) is 81.9 Å². The maximum Gasteiger partial charge on any atom is 0.350 e. The molecule has 0 saturated heterocycles. The van der Waals surface area contributed by atoms with Gasteiger partial charge in [-0.3, -0.25) is 9.36 Å². The molecule has 2 heterocycles. The summed E-state index contributed by atoms with van der Waals surface area (Å²) in [5, 5.41) is 4.97. The number of nitrogens with one attached hydrogen (secondary N) is 1. The predicted molar refractivity (Wildman–Crippen MR) is 98.0 cm³/mol. The Morgan fingerprint density at radius 1 is 1.08 bits per heavy atom. The van der Waals surface area contributed by atoms with E-state index < -0.39 is 0 Å². The lowest BCUT2D eigenvalue weighted by molar-refractivity contribution is 0.415. The Bertz CT molecular complexity index is 1190. The van der Waals surface area contributed by atoms with Crippen LogP contribution >= 0.6 is 0 Å². The lowest BCUT2D eigenvalue weighted by Gasteiger charge is -2.05. The van der Waals surface area contributed by atoms with Crippen molar-refractivity contribution in [3.05, 3.63) is 87.3 Å². The molecule has 4 rings (SSSR count). The van der Waals surface area contributed by atoms with Crippen molar-refractivity contribution in [1.29, 1.82) is 0 Å². The first-order valence-electron chi connectivity index (χ1n) is 8.05. The maximum atomic E-state index is 12.6. The fourth-order valence-corrected chi connectivity index (χ4v) is 2.85. The summed E-state index contributed by atoms with van der Waals surface area (Å²) >= 11 is 0. The molecule has 0 saturated carbocycles. The Hall–Kier alpha value is -3.61. The zero-order chi connectivity index (χ0) is 18.1. The minimum absolute atomic E-state index is 0.133. The third-order valence-electron chi connectivity index (χ3n) is 4.20. The van der Waals surface area contributed by atoms with Crippen LogP contribution in [0.4, 0.5) is 0 Å². The number of para-hydroxylation sites is 1. The van der Waals surface area contributed by atoms with Crippen LogP contribution in [0.1, 0.15) is 5.56 Å². The summed E-state index contributed by atoms with van der Waals surface area (Å²) < 4.78 is 7.93. The molecule has 0 radical (unpaired) electrons. The Morgan fingerprint density at radius 3 is 2.65 bits per heavy atom. The third kappa shape index (κ3) is 2.79. The highest BCUT2D eigenvalue weighted by Crippen LogP contribution is 2.18. The van der Waals surface area contributed by atoms with Gasteiger partial charge in [0.25, 0.3) is 5.56 Å². The number of aromatic nitrogens is 4. The van der Waals surface area contributed by atoms with Gasteiger partial charge in [0.2, 0.25) is 0 Å². The van der Waals surface area contributed by atoms with Crippen LogP contribution < -0.4 is 16.0 Å². The van der Waals surface area contributed by atoms with Crippen molar-refractivity contribution in [1.82, 2.24) is 19.3 Å². The average Bonchev–Trinajstić information content (AvgIpc) is 3.03. The SMILES string of the molecule is COc1ccc2[nH]c(=O)c(Cn3cnn(-c4ccccc4)c3=O)cc2c1. The second-order valence-corrected chi connectivity index (χ2v) is 5.87.